The first kappa shape index (κ1) is 24.0. The van der Waals surface area contributed by atoms with Gasteiger partial charge < -0.3 is 14.4 Å². The van der Waals surface area contributed by atoms with Gasteiger partial charge in [0, 0.05) is 50.3 Å². The second-order valence-corrected chi connectivity index (χ2v) is 9.87. The Morgan fingerprint density at radius 2 is 1.63 bits per heavy atom. The molecule has 0 spiro atoms. The number of hydrogen-bond donors (Lipinski definition) is 0. The molecule has 0 aliphatic carbocycles. The van der Waals surface area contributed by atoms with Gasteiger partial charge in [0.05, 0.1) is 11.3 Å². The molecule has 0 fully saturated rings. The van der Waals surface area contributed by atoms with Crippen LogP contribution in [0.25, 0.3) is 55.8 Å². The van der Waals surface area contributed by atoms with Gasteiger partial charge in [0.15, 0.2) is 0 Å². The van der Waals surface area contributed by atoms with E-state index in [0.717, 1.165) is 44.4 Å². The minimum absolute atomic E-state index is 0. The van der Waals surface area contributed by atoms with Crippen molar-refractivity contribution in [3.63, 3.8) is 0 Å². The third-order valence-corrected chi connectivity index (χ3v) is 7.12. The zero-order valence-electron chi connectivity index (χ0n) is 28.9. The van der Waals surface area contributed by atoms with Crippen molar-refractivity contribution in [2.24, 2.45) is 0 Å². The molecule has 0 saturated heterocycles. The third-order valence-electron chi connectivity index (χ3n) is 7.12. The van der Waals surface area contributed by atoms with Gasteiger partial charge in [0.25, 0.3) is 0 Å². The number of furan rings is 1. The van der Waals surface area contributed by atoms with Crippen molar-refractivity contribution in [1.82, 2.24) is 15.0 Å². The van der Waals surface area contributed by atoms with Crippen LogP contribution in [0.5, 0.6) is 0 Å². The van der Waals surface area contributed by atoms with Gasteiger partial charge in [-0.2, -0.15) is 0 Å². The number of rotatable bonds is 4. The Morgan fingerprint density at radius 1 is 0.791 bits per heavy atom. The summed E-state index contributed by atoms with van der Waals surface area (Å²) in [5.74, 6) is 0. The summed E-state index contributed by atoms with van der Waals surface area (Å²) in [6.45, 7) is 2.93. The summed E-state index contributed by atoms with van der Waals surface area (Å²) in [4.78, 5) is 13.4. The van der Waals surface area contributed by atoms with Crippen molar-refractivity contribution in [3.05, 3.63) is 138 Å². The summed E-state index contributed by atoms with van der Waals surface area (Å²) in [6.07, 6.45) is 1.23. The topological polar surface area (TPSA) is 51.8 Å². The van der Waals surface area contributed by atoms with Crippen molar-refractivity contribution < 1.29 is 31.4 Å². The van der Waals surface area contributed by atoms with Gasteiger partial charge in [-0.05, 0) is 73.3 Å². The van der Waals surface area contributed by atoms with Crippen LogP contribution in [0.1, 0.15) is 36.0 Å². The van der Waals surface area contributed by atoms with Crippen molar-refractivity contribution in [2.45, 2.75) is 34.0 Å². The van der Waals surface area contributed by atoms with E-state index in [-0.39, 0.29) is 31.2 Å². The van der Waals surface area contributed by atoms with Gasteiger partial charge in [-0.1, -0.05) is 59.8 Å². The van der Waals surface area contributed by atoms with Crippen LogP contribution in [0.3, 0.4) is 0 Å². The maximum atomic E-state index is 8.04. The number of benzene rings is 3. The molecule has 7 rings (SSSR count). The molecule has 215 valence electrons. The molecular weight excluding hydrogens is 707 g/mol. The van der Waals surface area contributed by atoms with Crippen LogP contribution in [0, 0.1) is 32.8 Å². The van der Waals surface area contributed by atoms with Gasteiger partial charge in [0.1, 0.15) is 0 Å². The molecule has 7 aromatic rings. The molecule has 4 aromatic heterocycles. The normalized spacial score (nSPS) is 13.0. The minimum Gasteiger partial charge on any atom is -0.486 e. The summed E-state index contributed by atoms with van der Waals surface area (Å²) in [5, 5.41) is 1.66. The fraction of sp³-hybridized carbons (Fsp3) is 0.132. The molecule has 1 radical (unpaired) electrons. The van der Waals surface area contributed by atoms with E-state index >= 15 is 0 Å². The first-order valence-corrected chi connectivity index (χ1v) is 13.6. The predicted molar refractivity (Wildman–Crippen MR) is 171 cm³/mol. The quantitative estimate of drug-likeness (QED) is 0.169. The summed E-state index contributed by atoms with van der Waals surface area (Å²) < 4.78 is 46.1. The zero-order chi connectivity index (χ0) is 33.3. The molecule has 0 unspecified atom stereocenters. The summed E-state index contributed by atoms with van der Waals surface area (Å²) in [6, 6.07) is 35.1. The summed E-state index contributed by atoms with van der Waals surface area (Å²) >= 11 is 0. The number of nitrogens with zero attached hydrogens (tertiary/aromatic N) is 3. The number of fused-ring (bicyclic) bond motifs is 3. The van der Waals surface area contributed by atoms with Gasteiger partial charge >= 0.3 is 0 Å². The van der Waals surface area contributed by atoms with Crippen molar-refractivity contribution >= 4 is 22.1 Å². The second kappa shape index (κ2) is 13.2. The standard InChI is InChI=1S/C27H23N2O.C11H8N.Ir/c1-5-19-15-28-24(14-18(19)4)22-11-7-10-20-21-12-13-23(29-27(21)30-26(20)22)25-16(2)8-6-9-17(25)3;1-2-6-10(7-3-1)11-8-4-5-9-12-11;/h6-10,12-15H,5H2,1-4H3;1-6,8-9H;/q2*-1;/i4D3,5D2;;. The van der Waals surface area contributed by atoms with Crippen LogP contribution in [0.4, 0.5) is 0 Å². The Kier molecular flexibility index (Phi) is 7.41. The van der Waals surface area contributed by atoms with Gasteiger partial charge in [-0.3, -0.25) is 0 Å². The fourth-order valence-electron chi connectivity index (χ4n) is 5.04. The monoisotopic (exact) mass is 743 g/mol. The van der Waals surface area contributed by atoms with E-state index in [4.69, 9.17) is 16.3 Å². The average Bonchev–Trinajstić information content (AvgIpc) is 3.43. The maximum absolute atomic E-state index is 8.04. The molecule has 5 heteroatoms. The maximum Gasteiger partial charge on any atom is 0.216 e. The molecule has 3 aromatic carbocycles. The molecule has 4 heterocycles. The van der Waals surface area contributed by atoms with Crippen LogP contribution < -0.4 is 0 Å². The average molecular weight is 743 g/mol. The van der Waals surface area contributed by atoms with Gasteiger partial charge in [-0.15, -0.1) is 54.1 Å². The van der Waals surface area contributed by atoms with E-state index in [1.807, 2.05) is 66.7 Å². The number of hydrogen-bond acceptors (Lipinski definition) is 4. The number of aromatic nitrogens is 3. The van der Waals surface area contributed by atoms with Crippen molar-refractivity contribution in [1.29, 1.82) is 0 Å². The molecule has 0 bridgehead atoms. The van der Waals surface area contributed by atoms with Crippen LogP contribution in [-0.4, -0.2) is 15.0 Å². The van der Waals surface area contributed by atoms with Crippen LogP contribution in [0.2, 0.25) is 0 Å². The van der Waals surface area contributed by atoms with Crippen LogP contribution in [-0.2, 0) is 26.5 Å². The zero-order valence-corrected chi connectivity index (χ0v) is 26.3. The predicted octanol–water partition coefficient (Wildman–Crippen LogP) is 9.54. The van der Waals surface area contributed by atoms with Crippen molar-refractivity contribution in [3.8, 4) is 33.8 Å². The first-order chi connectivity index (χ1) is 22.4. The largest absolute Gasteiger partial charge is 0.486 e. The van der Waals surface area contributed by atoms with Crippen LogP contribution in [0.15, 0.2) is 108 Å². The molecule has 0 atom stereocenters. The van der Waals surface area contributed by atoms with Crippen LogP contribution >= 0.6 is 0 Å². The Hall–Kier alpha value is -4.44. The Balaban J connectivity index is 0.000000291. The summed E-state index contributed by atoms with van der Waals surface area (Å²) in [7, 11) is 0. The summed E-state index contributed by atoms with van der Waals surface area (Å²) in [5.41, 5.74) is 7.93. The fourth-order valence-corrected chi connectivity index (χ4v) is 5.04. The Morgan fingerprint density at radius 3 is 2.35 bits per heavy atom. The SMILES string of the molecule is [2H]C([2H])([2H])c1cc(-c2[c-]ccc3c2oc2nc(-c4c(C)cccc4C)ccc23)ncc1C([2H])([2H])C.[Ir].[c-]1ccccc1-c1ccccn1. The van der Waals surface area contributed by atoms with E-state index < -0.39 is 13.2 Å². The number of aryl methyl sites for hydroxylation is 4. The molecule has 0 aliphatic heterocycles. The number of pyridine rings is 3. The molecule has 4 nitrogen and oxygen atoms in total. The van der Waals surface area contributed by atoms with E-state index in [1.54, 1.807) is 12.3 Å². The molecule has 0 saturated carbocycles. The Labute approximate surface area is 273 Å². The van der Waals surface area contributed by atoms with E-state index in [0.29, 0.717) is 22.6 Å². The molecule has 0 amide bonds. The van der Waals surface area contributed by atoms with Gasteiger partial charge in [-0.25, -0.2) is 4.98 Å². The second-order valence-electron chi connectivity index (χ2n) is 9.87. The first-order valence-electron chi connectivity index (χ1n) is 16.1. The molecular formula is C38H31IrN3O-2. The van der Waals surface area contributed by atoms with E-state index in [9.17, 15) is 0 Å². The van der Waals surface area contributed by atoms with E-state index in [2.05, 4.69) is 48.1 Å². The van der Waals surface area contributed by atoms with Gasteiger partial charge in [0.2, 0.25) is 5.71 Å². The van der Waals surface area contributed by atoms with E-state index in [1.165, 1.54) is 19.2 Å². The molecule has 0 aliphatic rings. The molecule has 0 N–H and O–H groups in total. The third kappa shape index (κ3) is 6.19. The molecule has 43 heavy (non-hydrogen) atoms. The Bertz CT molecular complexity index is 2140. The van der Waals surface area contributed by atoms with Crippen molar-refractivity contribution in [2.75, 3.05) is 0 Å². The smallest absolute Gasteiger partial charge is 0.216 e. The minimum atomic E-state index is -2.50.